The van der Waals surface area contributed by atoms with Crippen LogP contribution in [0.1, 0.15) is 54.2 Å². The van der Waals surface area contributed by atoms with Crippen molar-refractivity contribution in [2.24, 2.45) is 0 Å². The maximum atomic E-state index is 6.28. The Morgan fingerprint density at radius 2 is 1.62 bits per heavy atom. The van der Waals surface area contributed by atoms with Crippen LogP contribution >= 0.6 is 0 Å². The van der Waals surface area contributed by atoms with Crippen molar-refractivity contribution in [1.82, 2.24) is 10.6 Å². The van der Waals surface area contributed by atoms with Crippen LogP contribution in [-0.4, -0.2) is 0 Å². The van der Waals surface area contributed by atoms with E-state index in [2.05, 4.69) is 140 Å². The second-order valence-electron chi connectivity index (χ2n) is 10.4. The minimum atomic E-state index is -0.103. The van der Waals surface area contributed by atoms with Gasteiger partial charge in [-0.25, -0.2) is 0 Å². The molecule has 194 valence electrons. The fraction of sp³-hybridized carbons (Fsp3) is 0.167. The molecule has 1 aromatic heterocycles. The molecule has 3 heteroatoms. The van der Waals surface area contributed by atoms with Gasteiger partial charge in [0.05, 0.1) is 0 Å². The van der Waals surface area contributed by atoms with Crippen LogP contribution in [0.4, 0.5) is 0 Å². The highest BCUT2D eigenvalue weighted by atomic mass is 16.3. The van der Waals surface area contributed by atoms with Crippen molar-refractivity contribution in [1.29, 1.82) is 0 Å². The van der Waals surface area contributed by atoms with E-state index in [0.717, 1.165) is 40.7 Å². The van der Waals surface area contributed by atoms with Gasteiger partial charge in [-0.2, -0.15) is 0 Å². The third kappa shape index (κ3) is 5.19. The highest BCUT2D eigenvalue weighted by Crippen LogP contribution is 2.33. The molecule has 0 amide bonds. The van der Waals surface area contributed by atoms with Gasteiger partial charge in [-0.1, -0.05) is 104 Å². The molecule has 1 heterocycles. The Morgan fingerprint density at radius 3 is 2.41 bits per heavy atom. The normalized spacial score (nSPS) is 15.0. The molecule has 5 aromatic rings. The molecule has 0 saturated carbocycles. The van der Waals surface area contributed by atoms with Crippen molar-refractivity contribution < 1.29 is 4.42 Å². The monoisotopic (exact) mass is 510 g/mol. The summed E-state index contributed by atoms with van der Waals surface area (Å²) in [5, 5.41) is 9.86. The zero-order chi connectivity index (χ0) is 26.8. The average molecular weight is 511 g/mol. The van der Waals surface area contributed by atoms with Gasteiger partial charge < -0.3 is 9.73 Å². The number of benzene rings is 4. The Hall–Kier alpha value is -4.34. The summed E-state index contributed by atoms with van der Waals surface area (Å²) in [7, 11) is 0. The lowest BCUT2D eigenvalue weighted by atomic mass is 9.93. The van der Waals surface area contributed by atoms with Gasteiger partial charge in [0.2, 0.25) is 0 Å². The summed E-state index contributed by atoms with van der Waals surface area (Å²) in [5.74, 6) is 0. The van der Waals surface area contributed by atoms with E-state index in [4.69, 9.17) is 4.42 Å². The third-order valence-corrected chi connectivity index (χ3v) is 7.69. The number of fused-ring (bicyclic) bond motifs is 3. The largest absolute Gasteiger partial charge is 0.456 e. The molecule has 2 unspecified atom stereocenters. The van der Waals surface area contributed by atoms with Crippen LogP contribution in [0, 0.1) is 6.92 Å². The van der Waals surface area contributed by atoms with Gasteiger partial charge >= 0.3 is 0 Å². The van der Waals surface area contributed by atoms with Gasteiger partial charge in [0.25, 0.3) is 0 Å². The highest BCUT2D eigenvalue weighted by molar-refractivity contribution is 6.05. The van der Waals surface area contributed by atoms with Gasteiger partial charge in [0.15, 0.2) is 0 Å². The van der Waals surface area contributed by atoms with Crippen LogP contribution in [0.2, 0.25) is 0 Å². The van der Waals surface area contributed by atoms with E-state index >= 15 is 0 Å². The average Bonchev–Trinajstić information content (AvgIpc) is 3.37. The van der Waals surface area contributed by atoms with E-state index in [9.17, 15) is 0 Å². The maximum absolute atomic E-state index is 6.28. The molecule has 2 N–H and O–H groups in total. The molecule has 1 aliphatic rings. The van der Waals surface area contributed by atoms with Crippen LogP contribution in [0.5, 0.6) is 0 Å². The molecule has 0 aliphatic heterocycles. The molecule has 0 saturated heterocycles. The number of nitrogens with one attached hydrogen (secondary N) is 2. The van der Waals surface area contributed by atoms with Crippen molar-refractivity contribution >= 4 is 27.5 Å². The van der Waals surface area contributed by atoms with Crippen LogP contribution in [0.25, 0.3) is 27.5 Å². The van der Waals surface area contributed by atoms with E-state index in [-0.39, 0.29) is 12.2 Å². The van der Waals surface area contributed by atoms with E-state index in [1.54, 1.807) is 0 Å². The number of hydrogen-bond donors (Lipinski definition) is 2. The Bertz CT molecular complexity index is 1690. The van der Waals surface area contributed by atoms with Crippen molar-refractivity contribution in [2.75, 3.05) is 0 Å². The molecule has 0 fully saturated rings. The predicted octanol–water partition coefficient (Wildman–Crippen LogP) is 9.15. The molecule has 2 atom stereocenters. The van der Waals surface area contributed by atoms with E-state index in [0.29, 0.717) is 0 Å². The summed E-state index contributed by atoms with van der Waals surface area (Å²) < 4.78 is 6.28. The lowest BCUT2D eigenvalue weighted by Gasteiger charge is -2.28. The lowest BCUT2D eigenvalue weighted by molar-refractivity contribution is 0.425. The fourth-order valence-electron chi connectivity index (χ4n) is 5.48. The van der Waals surface area contributed by atoms with Gasteiger partial charge in [0.1, 0.15) is 17.3 Å². The SMILES string of the molecule is C=C(NC(NC(C)c1ccc2c(c1)oc1c(C)cccc12)c1ccccc1)C1=CC(c2ccccc2)=CCC1. The number of furan rings is 1. The molecule has 3 nitrogen and oxygen atoms in total. The molecule has 0 bridgehead atoms. The minimum Gasteiger partial charge on any atom is -0.456 e. The molecule has 39 heavy (non-hydrogen) atoms. The summed E-state index contributed by atoms with van der Waals surface area (Å²) in [6.07, 6.45) is 6.47. The quantitative estimate of drug-likeness (QED) is 0.204. The maximum Gasteiger partial charge on any atom is 0.138 e. The first-order valence-electron chi connectivity index (χ1n) is 13.7. The highest BCUT2D eigenvalue weighted by Gasteiger charge is 2.19. The Labute approximate surface area is 230 Å². The molecule has 4 aromatic carbocycles. The van der Waals surface area contributed by atoms with Gasteiger partial charge in [-0.05, 0) is 72.2 Å². The number of allylic oxidation sites excluding steroid dienone is 4. The van der Waals surface area contributed by atoms with Crippen molar-refractivity contribution in [3.8, 4) is 0 Å². The second-order valence-corrected chi connectivity index (χ2v) is 10.4. The standard InChI is InChI=1S/C36H34N2O/c1-24-12-10-19-33-32-21-20-30(23-34(32)39-35(24)33)26(3)38-36(28-15-8-5-9-16-28)37-25(2)29-17-11-18-31(22-29)27-13-6-4-7-14-27/h4-10,12-16,18-23,26,36-38H,2,11,17H2,1,3H3. The Morgan fingerprint density at radius 1 is 0.846 bits per heavy atom. The first-order chi connectivity index (χ1) is 19.1. The second kappa shape index (κ2) is 10.8. The van der Waals surface area contributed by atoms with Gasteiger partial charge in [-0.15, -0.1) is 0 Å². The van der Waals surface area contributed by atoms with Crippen molar-refractivity contribution in [3.63, 3.8) is 0 Å². The zero-order valence-electron chi connectivity index (χ0n) is 22.6. The summed E-state index contributed by atoms with van der Waals surface area (Å²) in [5.41, 5.74) is 10.1. The van der Waals surface area contributed by atoms with Crippen molar-refractivity contribution in [2.45, 2.75) is 38.9 Å². The Balaban J connectivity index is 1.25. The fourth-order valence-corrected chi connectivity index (χ4v) is 5.48. The number of rotatable bonds is 8. The predicted molar refractivity (Wildman–Crippen MR) is 163 cm³/mol. The molecule has 0 radical (unpaired) electrons. The van der Waals surface area contributed by atoms with Gasteiger partial charge in [0, 0.05) is 22.5 Å². The molecule has 6 rings (SSSR count). The van der Waals surface area contributed by atoms with E-state index < -0.39 is 0 Å². The number of para-hydroxylation sites is 1. The topological polar surface area (TPSA) is 37.2 Å². The van der Waals surface area contributed by atoms with Gasteiger partial charge in [-0.3, -0.25) is 5.32 Å². The summed E-state index contributed by atoms with van der Waals surface area (Å²) in [6, 6.07) is 34.0. The molecule has 1 aliphatic carbocycles. The summed E-state index contributed by atoms with van der Waals surface area (Å²) in [6.45, 7) is 8.76. The van der Waals surface area contributed by atoms with E-state index in [1.807, 2.05) is 0 Å². The van der Waals surface area contributed by atoms with E-state index in [1.165, 1.54) is 33.2 Å². The summed E-state index contributed by atoms with van der Waals surface area (Å²) in [4.78, 5) is 0. The summed E-state index contributed by atoms with van der Waals surface area (Å²) >= 11 is 0. The first-order valence-corrected chi connectivity index (χ1v) is 13.7. The minimum absolute atomic E-state index is 0.0781. The first kappa shape index (κ1) is 25.0. The van der Waals surface area contributed by atoms with Crippen LogP contribution in [0.15, 0.2) is 131 Å². The lowest BCUT2D eigenvalue weighted by Crippen LogP contribution is -2.35. The van der Waals surface area contributed by atoms with Crippen LogP contribution in [-0.2, 0) is 0 Å². The molecule has 0 spiro atoms. The van der Waals surface area contributed by atoms with Crippen LogP contribution in [0.3, 0.4) is 0 Å². The molecular weight excluding hydrogens is 476 g/mol. The smallest absolute Gasteiger partial charge is 0.138 e. The Kier molecular flexibility index (Phi) is 6.91. The van der Waals surface area contributed by atoms with Crippen molar-refractivity contribution in [3.05, 3.63) is 149 Å². The number of aryl methyl sites for hydroxylation is 1. The molecular formula is C36H34N2O. The number of hydrogen-bond acceptors (Lipinski definition) is 3. The third-order valence-electron chi connectivity index (χ3n) is 7.69. The van der Waals surface area contributed by atoms with Crippen LogP contribution < -0.4 is 10.6 Å². The zero-order valence-corrected chi connectivity index (χ0v) is 22.6.